The third-order valence-electron chi connectivity index (χ3n) is 5.40. The fourth-order valence-corrected chi connectivity index (χ4v) is 4.86. The Morgan fingerprint density at radius 1 is 1.33 bits per heavy atom. The Labute approximate surface area is 148 Å². The molecule has 0 amide bonds. The Bertz CT molecular complexity index is 633. The molecule has 2 N–H and O–H groups in total. The van der Waals surface area contributed by atoms with E-state index < -0.39 is 11.4 Å². The molecule has 1 aliphatic heterocycles. The van der Waals surface area contributed by atoms with Gasteiger partial charge in [-0.3, -0.25) is 4.79 Å². The lowest BCUT2D eigenvalue weighted by atomic mass is 9.73. The molecule has 0 saturated carbocycles. The lowest BCUT2D eigenvalue weighted by Gasteiger charge is -2.40. The average Bonchev–Trinajstić information content (AvgIpc) is 2.79. The molecule has 2 aliphatic rings. The van der Waals surface area contributed by atoms with E-state index in [0.717, 1.165) is 37.9 Å². The van der Waals surface area contributed by atoms with Gasteiger partial charge < -0.3 is 9.87 Å². The van der Waals surface area contributed by atoms with Gasteiger partial charge in [0, 0.05) is 22.3 Å². The number of piperidine rings is 1. The summed E-state index contributed by atoms with van der Waals surface area (Å²) in [6, 6.07) is 6.09. The lowest BCUT2D eigenvalue weighted by molar-refractivity contribution is 0.101. The van der Waals surface area contributed by atoms with Crippen molar-refractivity contribution in [3.05, 3.63) is 34.9 Å². The standard InChI is InChI=1S/C19H28N2O2S/c1-13(22)14-5-6-15-12-19(7-9-20-10-8-19)17(16(15)11-14)21-24(23)18(2,3)4/h5-6,11,17,20-21H,7-10,12H2,1-4H3/t17-,24-/m1/s1. The second-order valence-corrected chi connectivity index (χ2v) is 10.2. The number of rotatable bonds is 3. The first-order chi connectivity index (χ1) is 11.2. The number of ketones is 1. The zero-order valence-corrected chi connectivity index (χ0v) is 15.9. The normalized spacial score (nSPS) is 24.0. The highest BCUT2D eigenvalue weighted by Gasteiger charge is 2.49. The van der Waals surface area contributed by atoms with E-state index >= 15 is 0 Å². The van der Waals surface area contributed by atoms with Gasteiger partial charge >= 0.3 is 0 Å². The maximum atomic E-state index is 12.8. The SMILES string of the molecule is CC(=O)c1ccc2c(c1)[C@@H](N[S@+]([O-])C(C)(C)C)C1(CCNCC1)C2. The molecule has 0 bridgehead atoms. The first kappa shape index (κ1) is 17.9. The largest absolute Gasteiger partial charge is 0.598 e. The molecular weight excluding hydrogens is 320 g/mol. The van der Waals surface area contributed by atoms with Crippen LogP contribution in [0.25, 0.3) is 0 Å². The summed E-state index contributed by atoms with van der Waals surface area (Å²) in [4.78, 5) is 11.8. The van der Waals surface area contributed by atoms with Crippen molar-refractivity contribution in [3.63, 3.8) is 0 Å². The van der Waals surface area contributed by atoms with Crippen LogP contribution in [0.3, 0.4) is 0 Å². The van der Waals surface area contributed by atoms with Gasteiger partial charge in [-0.2, -0.15) is 0 Å². The molecule has 1 saturated heterocycles. The predicted molar refractivity (Wildman–Crippen MR) is 98.5 cm³/mol. The van der Waals surface area contributed by atoms with Gasteiger partial charge in [0.15, 0.2) is 5.78 Å². The topological polar surface area (TPSA) is 64.2 Å². The molecule has 1 aromatic rings. The number of hydrogen-bond acceptors (Lipinski definition) is 4. The summed E-state index contributed by atoms with van der Waals surface area (Å²) < 4.78 is 15.9. The van der Waals surface area contributed by atoms with E-state index in [2.05, 4.69) is 16.1 Å². The molecule has 1 aliphatic carbocycles. The fraction of sp³-hybridized carbons (Fsp3) is 0.632. The van der Waals surface area contributed by atoms with Crippen LogP contribution in [0, 0.1) is 5.41 Å². The minimum atomic E-state index is -1.13. The second-order valence-electron chi connectivity index (χ2n) is 8.19. The van der Waals surface area contributed by atoms with Gasteiger partial charge in [-0.1, -0.05) is 12.1 Å². The Morgan fingerprint density at radius 3 is 2.58 bits per heavy atom. The molecule has 1 fully saturated rings. The van der Waals surface area contributed by atoms with E-state index in [9.17, 15) is 9.35 Å². The van der Waals surface area contributed by atoms with Crippen LogP contribution in [0.15, 0.2) is 18.2 Å². The van der Waals surface area contributed by atoms with Crippen LogP contribution in [0.5, 0.6) is 0 Å². The molecule has 0 aromatic heterocycles. The van der Waals surface area contributed by atoms with Crippen LogP contribution < -0.4 is 10.0 Å². The van der Waals surface area contributed by atoms with Gasteiger partial charge in [-0.15, -0.1) is 4.72 Å². The molecule has 1 aromatic carbocycles. The highest BCUT2D eigenvalue weighted by atomic mass is 32.2. The summed E-state index contributed by atoms with van der Waals surface area (Å²) in [5, 5.41) is 3.44. The van der Waals surface area contributed by atoms with Crippen LogP contribution in [0.2, 0.25) is 0 Å². The van der Waals surface area contributed by atoms with Crippen molar-refractivity contribution < 1.29 is 9.35 Å². The van der Waals surface area contributed by atoms with Gasteiger partial charge in [-0.25, -0.2) is 0 Å². The lowest BCUT2D eigenvalue weighted by Crippen LogP contribution is -2.48. The summed E-state index contributed by atoms with van der Waals surface area (Å²) in [5.41, 5.74) is 3.31. The van der Waals surface area contributed by atoms with Crippen molar-refractivity contribution in [1.29, 1.82) is 0 Å². The van der Waals surface area contributed by atoms with E-state index in [-0.39, 0.29) is 22.0 Å². The number of Topliss-reactive ketones (excluding diaryl/α,β-unsaturated/α-hetero) is 1. The maximum Gasteiger partial charge on any atom is 0.159 e. The number of carbonyl (C=O) groups is 1. The molecule has 0 radical (unpaired) electrons. The Hall–Kier alpha value is -0.880. The zero-order chi connectivity index (χ0) is 17.5. The predicted octanol–water partition coefficient (Wildman–Crippen LogP) is 2.91. The number of nitrogens with one attached hydrogen (secondary N) is 2. The van der Waals surface area contributed by atoms with Gasteiger partial charge in [-0.05, 0) is 77.2 Å². The number of hydrogen-bond donors (Lipinski definition) is 2. The van der Waals surface area contributed by atoms with Crippen molar-refractivity contribution in [2.75, 3.05) is 13.1 Å². The zero-order valence-electron chi connectivity index (χ0n) is 15.1. The average molecular weight is 349 g/mol. The summed E-state index contributed by atoms with van der Waals surface area (Å²) in [6.07, 6.45) is 3.13. The van der Waals surface area contributed by atoms with Crippen molar-refractivity contribution in [2.45, 2.75) is 57.7 Å². The minimum Gasteiger partial charge on any atom is -0.598 e. The van der Waals surface area contributed by atoms with Gasteiger partial charge in [0.05, 0.1) is 6.04 Å². The van der Waals surface area contributed by atoms with Gasteiger partial charge in [0.1, 0.15) is 4.75 Å². The first-order valence-electron chi connectivity index (χ1n) is 8.75. The monoisotopic (exact) mass is 348 g/mol. The van der Waals surface area contributed by atoms with Crippen molar-refractivity contribution in [2.24, 2.45) is 5.41 Å². The third kappa shape index (κ3) is 3.27. The van der Waals surface area contributed by atoms with E-state index in [1.165, 1.54) is 11.1 Å². The molecule has 4 nitrogen and oxygen atoms in total. The van der Waals surface area contributed by atoms with Crippen LogP contribution in [0.4, 0.5) is 0 Å². The van der Waals surface area contributed by atoms with Gasteiger partial charge in [0.2, 0.25) is 0 Å². The number of fused-ring (bicyclic) bond motifs is 1. The highest BCUT2D eigenvalue weighted by Crippen LogP contribution is 2.51. The molecule has 2 atom stereocenters. The molecule has 0 unspecified atom stereocenters. The summed E-state index contributed by atoms with van der Waals surface area (Å²) >= 11 is -1.13. The molecule has 24 heavy (non-hydrogen) atoms. The van der Waals surface area contributed by atoms with Crippen LogP contribution in [0.1, 0.15) is 68.1 Å². The molecule has 5 heteroatoms. The van der Waals surface area contributed by atoms with Crippen LogP contribution in [-0.2, 0) is 17.8 Å². The molecule has 3 rings (SSSR count). The summed E-state index contributed by atoms with van der Waals surface area (Å²) in [6.45, 7) is 9.57. The molecular formula is C19H28N2O2S. The third-order valence-corrected chi connectivity index (χ3v) is 6.96. The fourth-order valence-electron chi connectivity index (χ4n) is 3.92. The van der Waals surface area contributed by atoms with Crippen LogP contribution in [-0.4, -0.2) is 28.2 Å². The molecule has 1 spiro atoms. The van der Waals surface area contributed by atoms with Crippen molar-refractivity contribution in [3.8, 4) is 0 Å². The summed E-state index contributed by atoms with van der Waals surface area (Å²) in [7, 11) is 0. The quantitative estimate of drug-likeness (QED) is 0.651. The highest BCUT2D eigenvalue weighted by molar-refractivity contribution is 7.90. The Kier molecular flexibility index (Phi) is 4.82. The number of benzene rings is 1. The van der Waals surface area contributed by atoms with Crippen molar-refractivity contribution >= 4 is 17.1 Å². The smallest absolute Gasteiger partial charge is 0.159 e. The Morgan fingerprint density at radius 2 is 2.00 bits per heavy atom. The van der Waals surface area contributed by atoms with E-state index in [0.29, 0.717) is 0 Å². The van der Waals surface area contributed by atoms with Crippen LogP contribution >= 0.6 is 0 Å². The van der Waals surface area contributed by atoms with Gasteiger partial charge in [0.25, 0.3) is 0 Å². The minimum absolute atomic E-state index is 0.0500. The summed E-state index contributed by atoms with van der Waals surface area (Å²) in [5.74, 6) is 0.0831. The maximum absolute atomic E-state index is 12.8. The van der Waals surface area contributed by atoms with E-state index in [1.54, 1.807) is 6.92 Å². The van der Waals surface area contributed by atoms with E-state index in [1.807, 2.05) is 32.9 Å². The second kappa shape index (κ2) is 6.45. The molecule has 1 heterocycles. The first-order valence-corrected chi connectivity index (χ1v) is 9.90. The Balaban J connectivity index is 1.99. The van der Waals surface area contributed by atoms with Crippen molar-refractivity contribution in [1.82, 2.24) is 10.0 Å². The number of carbonyl (C=O) groups excluding carboxylic acids is 1. The van der Waals surface area contributed by atoms with E-state index in [4.69, 9.17) is 0 Å². The molecule has 132 valence electrons.